The van der Waals surface area contributed by atoms with Gasteiger partial charge in [0.1, 0.15) is 45.9 Å². The van der Waals surface area contributed by atoms with Crippen molar-refractivity contribution in [1.82, 2.24) is 0 Å². The van der Waals surface area contributed by atoms with Crippen molar-refractivity contribution in [2.75, 3.05) is 106 Å². The summed E-state index contributed by atoms with van der Waals surface area (Å²) in [5.41, 5.74) is 0.648. The normalized spacial score (nSPS) is 11.9. The Hall–Kier alpha value is -3.14. The second-order valence-corrected chi connectivity index (χ2v) is 9.77. The monoisotopic (exact) mass is 587 g/mol. The van der Waals surface area contributed by atoms with Crippen molar-refractivity contribution < 1.29 is 62.7 Å². The first-order valence-corrected chi connectivity index (χ1v) is 13.4. The van der Waals surface area contributed by atoms with Crippen LogP contribution >= 0.6 is 0 Å². The SMILES string of the molecule is COc1cc(C=NCCOC(=O)C[N+](C)(CCO)CCO)ccc1OC(=O)C[N+](CCO)(CCO)CCOC(C)=O. The maximum Gasteiger partial charge on any atom is 0.367 e. The molecule has 1 aromatic rings. The van der Waals surface area contributed by atoms with Gasteiger partial charge in [0.25, 0.3) is 0 Å². The summed E-state index contributed by atoms with van der Waals surface area (Å²) in [6.45, 7) is 1.86. The molecule has 4 N–H and O–H groups in total. The first-order chi connectivity index (χ1) is 19.6. The Balaban J connectivity index is 2.75. The first-order valence-electron chi connectivity index (χ1n) is 13.4. The van der Waals surface area contributed by atoms with E-state index in [1.54, 1.807) is 31.5 Å². The zero-order valence-corrected chi connectivity index (χ0v) is 24.2. The van der Waals surface area contributed by atoms with Crippen molar-refractivity contribution >= 4 is 24.1 Å². The molecule has 0 spiro atoms. The van der Waals surface area contributed by atoms with Gasteiger partial charge in [-0.15, -0.1) is 0 Å². The van der Waals surface area contributed by atoms with Gasteiger partial charge in [0, 0.05) is 13.1 Å². The number of aliphatic hydroxyl groups excluding tert-OH is 4. The third-order valence-corrected chi connectivity index (χ3v) is 6.41. The zero-order chi connectivity index (χ0) is 30.7. The molecule has 0 aliphatic heterocycles. The van der Waals surface area contributed by atoms with Crippen molar-refractivity contribution in [3.8, 4) is 11.5 Å². The molecule has 0 unspecified atom stereocenters. The molecule has 0 aliphatic rings. The highest BCUT2D eigenvalue weighted by Crippen LogP contribution is 2.28. The number of methoxy groups -OCH3 is 1. The smallest absolute Gasteiger partial charge is 0.367 e. The molecule has 0 heterocycles. The molecule has 0 radical (unpaired) electrons. The molecular formula is C27H45N3O11+2. The van der Waals surface area contributed by atoms with Crippen LogP contribution in [-0.4, -0.2) is 160 Å². The summed E-state index contributed by atoms with van der Waals surface area (Å²) in [4.78, 5) is 40.3. The van der Waals surface area contributed by atoms with Crippen molar-refractivity contribution in [1.29, 1.82) is 0 Å². The molecule has 1 rings (SSSR count). The topological polar surface area (TPSA) is 181 Å². The van der Waals surface area contributed by atoms with Crippen molar-refractivity contribution in [2.45, 2.75) is 6.92 Å². The second kappa shape index (κ2) is 19.1. The van der Waals surface area contributed by atoms with Crippen LogP contribution in [0.5, 0.6) is 11.5 Å². The van der Waals surface area contributed by atoms with Gasteiger partial charge in [0.15, 0.2) is 24.6 Å². The van der Waals surface area contributed by atoms with Gasteiger partial charge < -0.3 is 48.3 Å². The molecule has 0 atom stereocenters. The van der Waals surface area contributed by atoms with Crippen LogP contribution in [0.15, 0.2) is 23.2 Å². The Morgan fingerprint density at radius 3 is 2.02 bits per heavy atom. The maximum absolute atomic E-state index is 12.8. The van der Waals surface area contributed by atoms with E-state index >= 15 is 0 Å². The number of hydrogen-bond acceptors (Lipinski definition) is 12. The maximum atomic E-state index is 12.8. The number of ether oxygens (including phenoxy) is 4. The number of likely N-dealkylation sites (N-methyl/N-ethyl adjacent to an activating group) is 1. The molecule has 41 heavy (non-hydrogen) atoms. The molecule has 14 nitrogen and oxygen atoms in total. The minimum Gasteiger partial charge on any atom is -0.493 e. The van der Waals surface area contributed by atoms with E-state index in [1.165, 1.54) is 14.0 Å². The molecular weight excluding hydrogens is 542 g/mol. The van der Waals surface area contributed by atoms with Crippen LogP contribution in [0.2, 0.25) is 0 Å². The van der Waals surface area contributed by atoms with E-state index in [1.807, 2.05) is 0 Å². The van der Waals surface area contributed by atoms with Crippen molar-refractivity contribution in [3.63, 3.8) is 0 Å². The summed E-state index contributed by atoms with van der Waals surface area (Å²) in [6, 6.07) is 4.83. The van der Waals surface area contributed by atoms with Gasteiger partial charge in [-0.3, -0.25) is 9.79 Å². The van der Waals surface area contributed by atoms with Crippen LogP contribution < -0.4 is 9.47 Å². The van der Waals surface area contributed by atoms with E-state index in [0.717, 1.165) is 0 Å². The molecule has 0 saturated carbocycles. The predicted octanol–water partition coefficient (Wildman–Crippen LogP) is -1.64. The fourth-order valence-electron chi connectivity index (χ4n) is 4.15. The molecule has 0 bridgehead atoms. The molecule has 14 heteroatoms. The number of carbonyl (C=O) groups excluding carboxylic acids is 3. The van der Waals surface area contributed by atoms with Crippen molar-refractivity contribution in [3.05, 3.63) is 23.8 Å². The Kier molecular flexibility index (Phi) is 16.7. The Bertz CT molecular complexity index is 975. The number of hydrogen-bond donors (Lipinski definition) is 4. The van der Waals surface area contributed by atoms with Crippen LogP contribution in [0.4, 0.5) is 0 Å². The highest BCUT2D eigenvalue weighted by molar-refractivity contribution is 5.82. The van der Waals surface area contributed by atoms with Gasteiger partial charge in [-0.2, -0.15) is 0 Å². The van der Waals surface area contributed by atoms with Crippen LogP contribution in [0, 0.1) is 0 Å². The molecule has 1 aromatic carbocycles. The molecule has 0 saturated heterocycles. The lowest BCUT2D eigenvalue weighted by Crippen LogP contribution is -2.56. The van der Waals surface area contributed by atoms with Gasteiger partial charge in [0.05, 0.1) is 47.1 Å². The second-order valence-electron chi connectivity index (χ2n) is 9.77. The quantitative estimate of drug-likeness (QED) is 0.0426. The number of aliphatic hydroxyl groups is 4. The minimum absolute atomic E-state index is 0.0190. The third-order valence-electron chi connectivity index (χ3n) is 6.41. The largest absolute Gasteiger partial charge is 0.493 e. The summed E-state index contributed by atoms with van der Waals surface area (Å²) < 4.78 is 21.2. The number of rotatable bonds is 21. The molecule has 0 aromatic heterocycles. The summed E-state index contributed by atoms with van der Waals surface area (Å²) in [5.74, 6) is -1.10. The lowest BCUT2D eigenvalue weighted by molar-refractivity contribution is -0.921. The Labute approximate surface area is 240 Å². The zero-order valence-electron chi connectivity index (χ0n) is 24.2. The number of esters is 3. The number of carbonyl (C=O) groups is 3. The number of aliphatic imine (C=N–C) groups is 1. The van der Waals surface area contributed by atoms with Gasteiger partial charge in [-0.1, -0.05) is 0 Å². The summed E-state index contributed by atoms with van der Waals surface area (Å²) in [5, 5.41) is 37.4. The van der Waals surface area contributed by atoms with E-state index in [2.05, 4.69) is 4.99 Å². The number of benzene rings is 1. The van der Waals surface area contributed by atoms with E-state index in [9.17, 15) is 34.8 Å². The Morgan fingerprint density at radius 1 is 0.829 bits per heavy atom. The van der Waals surface area contributed by atoms with E-state index in [-0.39, 0.29) is 99.4 Å². The van der Waals surface area contributed by atoms with Crippen LogP contribution in [0.25, 0.3) is 0 Å². The lowest BCUT2D eigenvalue weighted by Gasteiger charge is -2.36. The minimum atomic E-state index is -0.621. The number of quaternary nitrogens is 2. The van der Waals surface area contributed by atoms with E-state index in [0.29, 0.717) is 18.7 Å². The highest BCUT2D eigenvalue weighted by atomic mass is 16.6. The lowest BCUT2D eigenvalue weighted by atomic mass is 10.2. The van der Waals surface area contributed by atoms with Crippen molar-refractivity contribution in [2.24, 2.45) is 4.99 Å². The average molecular weight is 588 g/mol. The fourth-order valence-corrected chi connectivity index (χ4v) is 4.15. The molecule has 0 fully saturated rings. The molecule has 232 valence electrons. The van der Waals surface area contributed by atoms with Gasteiger partial charge in [-0.25, -0.2) is 9.59 Å². The van der Waals surface area contributed by atoms with Crippen LogP contribution in [-0.2, 0) is 23.9 Å². The molecule has 0 amide bonds. The average Bonchev–Trinajstić information content (AvgIpc) is 2.89. The number of nitrogens with zero attached hydrogens (tertiary/aromatic N) is 3. The molecule has 0 aliphatic carbocycles. The summed E-state index contributed by atoms with van der Waals surface area (Å²) >= 11 is 0. The predicted molar refractivity (Wildman–Crippen MR) is 148 cm³/mol. The standard InChI is InChI=1S/C27H45N3O11/c1-22(35)39-17-11-30(9-14-33,10-15-34)21-27(37)41-24-5-4-23(18-25(24)38-3)19-28-6-16-40-26(36)20-29(2,7-12-31)8-13-32/h4-5,18-19,31-34H,6-17,20-21H2,1-3H3/q+2. The van der Waals surface area contributed by atoms with Gasteiger partial charge in [0.2, 0.25) is 0 Å². The van der Waals surface area contributed by atoms with Crippen LogP contribution in [0.3, 0.4) is 0 Å². The van der Waals surface area contributed by atoms with Gasteiger partial charge >= 0.3 is 17.9 Å². The fraction of sp³-hybridized carbons (Fsp3) is 0.630. The van der Waals surface area contributed by atoms with Gasteiger partial charge in [-0.05, 0) is 23.8 Å². The third kappa shape index (κ3) is 13.9. The first kappa shape index (κ1) is 35.9. The summed E-state index contributed by atoms with van der Waals surface area (Å²) in [6.07, 6.45) is 1.55. The summed E-state index contributed by atoms with van der Waals surface area (Å²) in [7, 11) is 3.18. The van der Waals surface area contributed by atoms with E-state index < -0.39 is 17.9 Å². The Morgan fingerprint density at radius 2 is 1.46 bits per heavy atom. The van der Waals surface area contributed by atoms with E-state index in [4.69, 9.17) is 18.9 Å². The van der Waals surface area contributed by atoms with Crippen LogP contribution in [0.1, 0.15) is 12.5 Å². The highest BCUT2D eigenvalue weighted by Gasteiger charge is 2.31.